The highest BCUT2D eigenvalue weighted by Crippen LogP contribution is 2.30. The van der Waals surface area contributed by atoms with Gasteiger partial charge in [-0.2, -0.15) is 0 Å². The van der Waals surface area contributed by atoms with E-state index in [1.807, 2.05) is 70.9 Å². The molecule has 6 heteroatoms. The average molecular weight is 374 g/mol. The monoisotopic (exact) mass is 374 g/mol. The molecule has 3 N–H and O–H groups in total. The smallest absolute Gasteiger partial charge is 0.248 e. The van der Waals surface area contributed by atoms with Gasteiger partial charge in [-0.25, -0.2) is 0 Å². The fourth-order valence-electron chi connectivity index (χ4n) is 2.87. The molecule has 4 rings (SSSR count). The van der Waals surface area contributed by atoms with Gasteiger partial charge in [-0.05, 0) is 47.4 Å². The molecule has 2 aromatic carbocycles. The first-order valence-electron chi connectivity index (χ1n) is 8.53. The van der Waals surface area contributed by atoms with Crippen LogP contribution in [0.1, 0.15) is 11.1 Å². The molecular formula is C21H18N4OS. The molecule has 0 aliphatic carbocycles. The van der Waals surface area contributed by atoms with E-state index in [0.29, 0.717) is 18.2 Å². The number of hydrogen-bond acceptors (Lipinski definition) is 4. The molecule has 0 saturated heterocycles. The molecule has 27 heavy (non-hydrogen) atoms. The molecule has 1 amide bonds. The topological polar surface area (TPSA) is 68.2 Å². The number of amidine groups is 1. The standard InChI is InChI=1S/C21H18N4OS/c22-20-18-12-13-27-21(18)23-14-25(20)17-9-7-16(8-10-17)24-19(26)11-6-15-4-2-1-3-5-15/h1-13,22-23H,14H2,(H,24,26)/b11-6+,22-20?. The van der Waals surface area contributed by atoms with Gasteiger partial charge in [0.1, 0.15) is 10.8 Å². The maximum atomic E-state index is 12.1. The van der Waals surface area contributed by atoms with Crippen molar-refractivity contribution in [2.45, 2.75) is 0 Å². The minimum Gasteiger partial charge on any atom is -0.359 e. The maximum Gasteiger partial charge on any atom is 0.248 e. The highest BCUT2D eigenvalue weighted by Gasteiger charge is 2.22. The second-order valence-electron chi connectivity index (χ2n) is 6.06. The van der Waals surface area contributed by atoms with Crippen molar-refractivity contribution >= 4 is 45.5 Å². The van der Waals surface area contributed by atoms with E-state index in [2.05, 4.69) is 10.6 Å². The summed E-state index contributed by atoms with van der Waals surface area (Å²) < 4.78 is 0. The van der Waals surface area contributed by atoms with E-state index in [1.165, 1.54) is 6.08 Å². The molecule has 5 nitrogen and oxygen atoms in total. The Morgan fingerprint density at radius 1 is 1.11 bits per heavy atom. The van der Waals surface area contributed by atoms with Crippen molar-refractivity contribution in [2.24, 2.45) is 0 Å². The lowest BCUT2D eigenvalue weighted by atomic mass is 10.2. The van der Waals surface area contributed by atoms with Crippen LogP contribution < -0.4 is 15.5 Å². The van der Waals surface area contributed by atoms with E-state index in [-0.39, 0.29) is 5.91 Å². The molecule has 0 spiro atoms. The predicted molar refractivity (Wildman–Crippen MR) is 113 cm³/mol. The minimum atomic E-state index is -0.179. The van der Waals surface area contributed by atoms with Crippen molar-refractivity contribution in [1.82, 2.24) is 0 Å². The van der Waals surface area contributed by atoms with Crippen LogP contribution >= 0.6 is 11.3 Å². The first-order valence-corrected chi connectivity index (χ1v) is 9.41. The summed E-state index contributed by atoms with van der Waals surface area (Å²) in [5.74, 6) is 0.300. The number of anilines is 3. The van der Waals surface area contributed by atoms with Gasteiger partial charge in [0.05, 0.1) is 12.2 Å². The molecule has 0 bridgehead atoms. The van der Waals surface area contributed by atoms with Crippen LogP contribution in [0.3, 0.4) is 0 Å². The first-order chi connectivity index (χ1) is 13.2. The van der Waals surface area contributed by atoms with Crippen molar-refractivity contribution in [1.29, 1.82) is 5.41 Å². The van der Waals surface area contributed by atoms with E-state index < -0.39 is 0 Å². The van der Waals surface area contributed by atoms with Gasteiger partial charge in [0, 0.05) is 17.5 Å². The number of amides is 1. The summed E-state index contributed by atoms with van der Waals surface area (Å²) in [5, 5.41) is 17.6. The zero-order chi connectivity index (χ0) is 18.6. The summed E-state index contributed by atoms with van der Waals surface area (Å²) in [5.41, 5.74) is 3.51. The van der Waals surface area contributed by atoms with Crippen LogP contribution in [0, 0.1) is 5.41 Å². The van der Waals surface area contributed by atoms with Gasteiger partial charge in [-0.15, -0.1) is 11.3 Å². The predicted octanol–water partition coefficient (Wildman–Crippen LogP) is 4.61. The number of carbonyl (C=O) groups is 1. The molecule has 1 aromatic heterocycles. The van der Waals surface area contributed by atoms with Gasteiger partial charge in [-0.3, -0.25) is 10.2 Å². The lowest BCUT2D eigenvalue weighted by molar-refractivity contribution is -0.111. The van der Waals surface area contributed by atoms with Crippen molar-refractivity contribution in [3.63, 3.8) is 0 Å². The van der Waals surface area contributed by atoms with Crippen LogP contribution in [0.4, 0.5) is 16.4 Å². The Hall–Kier alpha value is -3.38. The summed E-state index contributed by atoms with van der Waals surface area (Å²) in [4.78, 5) is 14.0. The Labute approximate surface area is 161 Å². The molecule has 2 heterocycles. The molecule has 0 unspecified atom stereocenters. The van der Waals surface area contributed by atoms with Crippen LogP contribution in [0.25, 0.3) is 6.08 Å². The summed E-state index contributed by atoms with van der Waals surface area (Å²) in [6.07, 6.45) is 3.30. The molecule has 0 atom stereocenters. The lowest BCUT2D eigenvalue weighted by Gasteiger charge is -2.30. The summed E-state index contributed by atoms with van der Waals surface area (Å²) in [7, 11) is 0. The van der Waals surface area contributed by atoms with Crippen LogP contribution in [0.15, 0.2) is 72.1 Å². The minimum absolute atomic E-state index is 0.179. The Morgan fingerprint density at radius 2 is 1.89 bits per heavy atom. The van der Waals surface area contributed by atoms with E-state index in [0.717, 1.165) is 21.8 Å². The normalized spacial score (nSPS) is 13.3. The summed E-state index contributed by atoms with van der Waals surface area (Å²) in [6, 6.07) is 19.2. The second kappa shape index (κ2) is 7.47. The number of nitrogens with one attached hydrogen (secondary N) is 3. The fraction of sp³-hybridized carbons (Fsp3) is 0.0476. The molecular weight excluding hydrogens is 356 g/mol. The maximum absolute atomic E-state index is 12.1. The molecule has 0 radical (unpaired) electrons. The van der Waals surface area contributed by atoms with Gasteiger partial charge in [0.15, 0.2) is 0 Å². The SMILES string of the molecule is N=C1c2ccsc2NCN1c1ccc(NC(=O)/C=C/c2ccccc2)cc1. The lowest BCUT2D eigenvalue weighted by Crippen LogP contribution is -2.39. The van der Waals surface area contributed by atoms with Crippen LogP contribution in [-0.4, -0.2) is 18.4 Å². The Kier molecular flexibility index (Phi) is 4.72. The van der Waals surface area contributed by atoms with Gasteiger partial charge >= 0.3 is 0 Å². The summed E-state index contributed by atoms with van der Waals surface area (Å²) >= 11 is 1.61. The quantitative estimate of drug-likeness (QED) is 0.584. The second-order valence-corrected chi connectivity index (χ2v) is 6.97. The Bertz CT molecular complexity index is 993. The zero-order valence-electron chi connectivity index (χ0n) is 14.5. The van der Waals surface area contributed by atoms with Gasteiger partial charge in [-0.1, -0.05) is 30.3 Å². The highest BCUT2D eigenvalue weighted by atomic mass is 32.1. The van der Waals surface area contributed by atoms with Gasteiger partial charge < -0.3 is 15.5 Å². The Balaban J connectivity index is 1.41. The van der Waals surface area contributed by atoms with Gasteiger partial charge in [0.2, 0.25) is 5.91 Å². The molecule has 1 aliphatic heterocycles. The molecule has 3 aromatic rings. The first kappa shape index (κ1) is 17.1. The molecule has 1 aliphatic rings. The van der Waals surface area contributed by atoms with Crippen LogP contribution in [-0.2, 0) is 4.79 Å². The average Bonchev–Trinajstić information content (AvgIpc) is 3.18. The van der Waals surface area contributed by atoms with E-state index in [4.69, 9.17) is 5.41 Å². The van der Waals surface area contributed by atoms with E-state index >= 15 is 0 Å². The largest absolute Gasteiger partial charge is 0.359 e. The number of nitrogens with zero attached hydrogens (tertiary/aromatic N) is 1. The van der Waals surface area contributed by atoms with Crippen molar-refractivity contribution in [3.05, 3.63) is 83.2 Å². The van der Waals surface area contributed by atoms with Crippen molar-refractivity contribution < 1.29 is 4.79 Å². The van der Waals surface area contributed by atoms with Crippen molar-refractivity contribution in [2.75, 3.05) is 22.2 Å². The summed E-state index contributed by atoms with van der Waals surface area (Å²) in [6.45, 7) is 0.553. The Morgan fingerprint density at radius 3 is 2.67 bits per heavy atom. The number of fused-ring (bicyclic) bond motifs is 1. The number of thiophene rings is 1. The zero-order valence-corrected chi connectivity index (χ0v) is 15.3. The van der Waals surface area contributed by atoms with Crippen LogP contribution in [0.5, 0.6) is 0 Å². The van der Waals surface area contributed by atoms with Gasteiger partial charge in [0.25, 0.3) is 0 Å². The third kappa shape index (κ3) is 3.75. The molecule has 0 saturated carbocycles. The molecule has 0 fully saturated rings. The van der Waals surface area contributed by atoms with E-state index in [9.17, 15) is 4.79 Å². The number of benzene rings is 2. The third-order valence-electron chi connectivity index (χ3n) is 4.26. The number of rotatable bonds is 4. The highest BCUT2D eigenvalue weighted by molar-refractivity contribution is 7.14. The van der Waals surface area contributed by atoms with Crippen LogP contribution in [0.2, 0.25) is 0 Å². The van der Waals surface area contributed by atoms with E-state index in [1.54, 1.807) is 17.4 Å². The third-order valence-corrected chi connectivity index (χ3v) is 5.13. The number of carbonyl (C=O) groups excluding carboxylic acids is 1. The fourth-order valence-corrected chi connectivity index (χ4v) is 3.65. The number of hydrogen-bond donors (Lipinski definition) is 3. The molecule has 134 valence electrons. The van der Waals surface area contributed by atoms with Crippen molar-refractivity contribution in [3.8, 4) is 0 Å².